The molecule has 134 valence electrons. The van der Waals surface area contributed by atoms with Gasteiger partial charge in [-0.2, -0.15) is 0 Å². The second kappa shape index (κ2) is 6.59. The first-order valence-corrected chi connectivity index (χ1v) is 9.40. The molecule has 3 rings (SSSR count). The first-order chi connectivity index (χ1) is 11.9. The maximum Gasteiger partial charge on any atom is 0.325 e. The van der Waals surface area contributed by atoms with Crippen molar-refractivity contribution in [3.63, 3.8) is 0 Å². The normalized spacial score (nSPS) is 16.7. The zero-order valence-corrected chi connectivity index (χ0v) is 15.5. The summed E-state index contributed by atoms with van der Waals surface area (Å²) >= 11 is 1.37. The van der Waals surface area contributed by atoms with Crippen LogP contribution in [0.25, 0.3) is 4.96 Å². The van der Waals surface area contributed by atoms with E-state index in [0.29, 0.717) is 23.5 Å². The number of urea groups is 1. The van der Waals surface area contributed by atoms with E-state index in [1.165, 1.54) is 26.7 Å². The van der Waals surface area contributed by atoms with Gasteiger partial charge in [0.1, 0.15) is 5.54 Å². The summed E-state index contributed by atoms with van der Waals surface area (Å²) < 4.78 is 1.53. The molecule has 0 aromatic carbocycles. The SMILES string of the molecule is CCCC1(CCC)NC(=O)N(Cc2cc(=O)n3c(C)csc3n2)C1=O. The topological polar surface area (TPSA) is 83.8 Å². The van der Waals surface area contributed by atoms with Crippen molar-refractivity contribution in [2.24, 2.45) is 0 Å². The molecular weight excluding hydrogens is 340 g/mol. The first-order valence-electron chi connectivity index (χ1n) is 8.52. The number of nitrogens with zero attached hydrogens (tertiary/aromatic N) is 3. The maximum atomic E-state index is 12.9. The number of rotatable bonds is 6. The summed E-state index contributed by atoms with van der Waals surface area (Å²) in [5.41, 5.74) is 0.237. The molecule has 1 N–H and O–H groups in total. The van der Waals surface area contributed by atoms with Gasteiger partial charge < -0.3 is 5.32 Å². The Morgan fingerprint density at radius 3 is 2.52 bits per heavy atom. The Labute approximate surface area is 149 Å². The summed E-state index contributed by atoms with van der Waals surface area (Å²) in [5.74, 6) is -0.217. The van der Waals surface area contributed by atoms with Crippen molar-refractivity contribution < 1.29 is 9.59 Å². The van der Waals surface area contributed by atoms with Crippen LogP contribution in [0, 0.1) is 6.92 Å². The Morgan fingerprint density at radius 1 is 1.20 bits per heavy atom. The largest absolute Gasteiger partial charge is 0.325 e. The Kier molecular flexibility index (Phi) is 4.64. The van der Waals surface area contributed by atoms with Crippen LogP contribution in [0.3, 0.4) is 0 Å². The van der Waals surface area contributed by atoms with Gasteiger partial charge in [-0.3, -0.25) is 18.9 Å². The molecule has 2 aromatic heterocycles. The number of hydrogen-bond donors (Lipinski definition) is 1. The molecule has 25 heavy (non-hydrogen) atoms. The van der Waals surface area contributed by atoms with E-state index in [2.05, 4.69) is 10.3 Å². The van der Waals surface area contributed by atoms with E-state index in [1.54, 1.807) is 0 Å². The standard InChI is InChI=1S/C17H22N4O3S/c1-4-6-17(7-5-2)14(23)20(15(24)19-17)9-12-8-13(22)21-11(3)10-25-16(21)18-12/h8,10H,4-7,9H2,1-3H3,(H,19,24). The quantitative estimate of drug-likeness (QED) is 0.800. The van der Waals surface area contributed by atoms with Crippen molar-refractivity contribution in [3.05, 3.63) is 33.2 Å². The molecule has 3 heterocycles. The van der Waals surface area contributed by atoms with Gasteiger partial charge >= 0.3 is 6.03 Å². The van der Waals surface area contributed by atoms with Gasteiger partial charge in [0, 0.05) is 17.1 Å². The lowest BCUT2D eigenvalue weighted by Gasteiger charge is -2.25. The second-order valence-electron chi connectivity index (χ2n) is 6.48. The predicted octanol–water partition coefficient (Wildman–Crippen LogP) is 2.46. The summed E-state index contributed by atoms with van der Waals surface area (Å²) in [7, 11) is 0. The smallest absolute Gasteiger partial charge is 0.323 e. The molecule has 0 aliphatic carbocycles. The van der Waals surface area contributed by atoms with E-state index < -0.39 is 11.6 Å². The number of aryl methyl sites for hydroxylation is 1. The Balaban J connectivity index is 1.91. The monoisotopic (exact) mass is 362 g/mol. The minimum Gasteiger partial charge on any atom is -0.323 e. The molecule has 0 atom stereocenters. The van der Waals surface area contributed by atoms with Crippen LogP contribution in [0.5, 0.6) is 0 Å². The van der Waals surface area contributed by atoms with Gasteiger partial charge in [0.15, 0.2) is 4.96 Å². The molecule has 7 nitrogen and oxygen atoms in total. The minimum absolute atomic E-state index is 0.0164. The van der Waals surface area contributed by atoms with Gasteiger partial charge in [0.25, 0.3) is 11.5 Å². The molecule has 1 aliphatic heterocycles. The fourth-order valence-corrected chi connectivity index (χ4v) is 4.37. The number of thiazole rings is 1. The third-order valence-corrected chi connectivity index (χ3v) is 5.49. The fourth-order valence-electron chi connectivity index (χ4n) is 3.48. The fraction of sp³-hybridized carbons (Fsp3) is 0.529. The molecule has 0 saturated carbocycles. The highest BCUT2D eigenvalue weighted by Crippen LogP contribution is 2.29. The summed E-state index contributed by atoms with van der Waals surface area (Å²) in [6.07, 6.45) is 2.84. The van der Waals surface area contributed by atoms with Gasteiger partial charge in [-0.1, -0.05) is 26.7 Å². The molecule has 2 aromatic rings. The van der Waals surface area contributed by atoms with Crippen molar-refractivity contribution in [1.82, 2.24) is 19.6 Å². The van der Waals surface area contributed by atoms with Crippen molar-refractivity contribution in [3.8, 4) is 0 Å². The van der Waals surface area contributed by atoms with Gasteiger partial charge in [-0.15, -0.1) is 11.3 Å². The van der Waals surface area contributed by atoms with Crippen LogP contribution in [0.2, 0.25) is 0 Å². The first kappa shape index (κ1) is 17.6. The molecule has 1 aliphatic rings. The number of carbonyl (C=O) groups excluding carboxylic acids is 2. The summed E-state index contributed by atoms with van der Waals surface area (Å²) in [6, 6.07) is 0.990. The lowest BCUT2D eigenvalue weighted by molar-refractivity contribution is -0.132. The van der Waals surface area contributed by atoms with E-state index in [-0.39, 0.29) is 18.0 Å². The highest BCUT2D eigenvalue weighted by atomic mass is 32.1. The highest BCUT2D eigenvalue weighted by molar-refractivity contribution is 7.15. The number of imide groups is 1. The van der Waals surface area contributed by atoms with E-state index in [9.17, 15) is 14.4 Å². The van der Waals surface area contributed by atoms with E-state index in [0.717, 1.165) is 18.5 Å². The van der Waals surface area contributed by atoms with Crippen LogP contribution < -0.4 is 10.9 Å². The zero-order chi connectivity index (χ0) is 18.2. The third-order valence-electron chi connectivity index (χ3n) is 4.55. The number of nitrogens with one attached hydrogen (secondary N) is 1. The predicted molar refractivity (Wildman–Crippen MR) is 95.7 cm³/mol. The van der Waals surface area contributed by atoms with Crippen LogP contribution in [0.1, 0.15) is 50.9 Å². The van der Waals surface area contributed by atoms with E-state index in [4.69, 9.17) is 0 Å². The van der Waals surface area contributed by atoms with E-state index >= 15 is 0 Å². The number of hydrogen-bond acceptors (Lipinski definition) is 5. The van der Waals surface area contributed by atoms with Crippen molar-refractivity contribution >= 4 is 28.2 Å². The Bertz CT molecular complexity index is 880. The van der Waals surface area contributed by atoms with Crippen LogP contribution in [-0.4, -0.2) is 31.8 Å². The highest BCUT2D eigenvalue weighted by Gasteiger charge is 2.49. The average Bonchev–Trinajstić information content (AvgIpc) is 3.02. The molecular formula is C17H22N4O3S. The van der Waals surface area contributed by atoms with Gasteiger partial charge in [0.05, 0.1) is 12.2 Å². The average molecular weight is 362 g/mol. The molecule has 0 radical (unpaired) electrons. The Hall–Kier alpha value is -2.22. The zero-order valence-electron chi connectivity index (χ0n) is 14.7. The molecule has 8 heteroatoms. The van der Waals surface area contributed by atoms with Crippen LogP contribution in [0.4, 0.5) is 4.79 Å². The minimum atomic E-state index is -0.820. The maximum absolute atomic E-state index is 12.9. The van der Waals surface area contributed by atoms with Crippen LogP contribution in [-0.2, 0) is 11.3 Å². The van der Waals surface area contributed by atoms with Crippen LogP contribution in [0.15, 0.2) is 16.2 Å². The van der Waals surface area contributed by atoms with Gasteiger partial charge in [0.2, 0.25) is 0 Å². The Morgan fingerprint density at radius 2 is 1.88 bits per heavy atom. The van der Waals surface area contributed by atoms with Crippen LogP contribution >= 0.6 is 11.3 Å². The van der Waals surface area contributed by atoms with Crippen molar-refractivity contribution in [1.29, 1.82) is 0 Å². The van der Waals surface area contributed by atoms with Gasteiger partial charge in [-0.25, -0.2) is 9.78 Å². The molecule has 3 amide bonds. The summed E-state index contributed by atoms with van der Waals surface area (Å²) in [6.45, 7) is 5.85. The van der Waals surface area contributed by atoms with Crippen molar-refractivity contribution in [2.75, 3.05) is 0 Å². The molecule has 0 bridgehead atoms. The number of amides is 3. The number of fused-ring (bicyclic) bond motifs is 1. The van der Waals surface area contributed by atoms with Crippen molar-refractivity contribution in [2.45, 2.75) is 58.5 Å². The second-order valence-corrected chi connectivity index (χ2v) is 7.32. The molecule has 0 unspecified atom stereocenters. The lowest BCUT2D eigenvalue weighted by Crippen LogP contribution is -2.46. The lowest BCUT2D eigenvalue weighted by atomic mass is 9.88. The summed E-state index contributed by atoms with van der Waals surface area (Å²) in [4.78, 5) is 43.8. The molecule has 1 fully saturated rings. The number of aromatic nitrogens is 2. The summed E-state index contributed by atoms with van der Waals surface area (Å²) in [5, 5.41) is 4.73. The third kappa shape index (κ3) is 2.95. The number of carbonyl (C=O) groups is 2. The molecule has 1 saturated heterocycles. The molecule has 0 spiro atoms. The van der Waals surface area contributed by atoms with Gasteiger partial charge in [-0.05, 0) is 19.8 Å². The van der Waals surface area contributed by atoms with E-state index in [1.807, 2.05) is 26.2 Å².